The average molecular weight is 284 g/mol. The zero-order valence-electron chi connectivity index (χ0n) is 6.65. The molecule has 1 aromatic carbocycles. The normalized spacial score (nSPS) is 14.0. The number of rotatable bonds is 3. The Bertz CT molecular complexity index is 363. The second kappa shape index (κ2) is 4.44. The van der Waals surface area contributed by atoms with Gasteiger partial charge in [0.25, 0.3) is 0 Å². The molecule has 0 fully saturated rings. The van der Waals surface area contributed by atoms with Crippen LogP contribution in [0.1, 0.15) is 10.4 Å². The summed E-state index contributed by atoms with van der Waals surface area (Å²) in [6.07, 6.45) is 0. The highest BCUT2D eigenvalue weighted by molar-refractivity contribution is 9.09. The van der Waals surface area contributed by atoms with Crippen LogP contribution >= 0.6 is 26.6 Å². The van der Waals surface area contributed by atoms with Gasteiger partial charge in [-0.1, -0.05) is 46.3 Å². The molecule has 1 rings (SSSR count). The Morgan fingerprint density at radius 3 is 2.31 bits per heavy atom. The molecule has 0 bridgehead atoms. The molecule has 0 saturated carbocycles. The third-order valence-corrected chi connectivity index (χ3v) is 3.90. The molecule has 0 saturated heterocycles. The first-order valence-corrected chi connectivity index (χ1v) is 7.00. The van der Waals surface area contributed by atoms with Gasteiger partial charge in [-0.3, -0.25) is 0 Å². The summed E-state index contributed by atoms with van der Waals surface area (Å²) < 4.78 is 21.5. The van der Waals surface area contributed by atoms with Crippen molar-refractivity contribution in [3.63, 3.8) is 0 Å². The number of hydrogen-bond acceptors (Lipinski definition) is 2. The Labute approximate surface area is 90.5 Å². The Morgan fingerprint density at radius 1 is 1.31 bits per heavy atom. The summed E-state index contributed by atoms with van der Waals surface area (Å²) in [5.74, 6) is -0.0986. The van der Waals surface area contributed by atoms with Crippen molar-refractivity contribution in [2.45, 2.75) is 4.83 Å². The predicted molar refractivity (Wildman–Crippen MR) is 57.7 cm³/mol. The van der Waals surface area contributed by atoms with Crippen molar-refractivity contribution in [1.29, 1.82) is 0 Å². The maximum Gasteiger partial charge on any atom is 0.234 e. The van der Waals surface area contributed by atoms with Gasteiger partial charge in [0.15, 0.2) is 0 Å². The van der Waals surface area contributed by atoms with E-state index >= 15 is 0 Å². The lowest BCUT2D eigenvalue weighted by atomic mass is 10.2. The number of alkyl halides is 1. The summed E-state index contributed by atoms with van der Waals surface area (Å²) >= 11 is 3.26. The van der Waals surface area contributed by atoms with Crippen molar-refractivity contribution in [3.8, 4) is 0 Å². The minimum Gasteiger partial charge on any atom is -0.212 e. The van der Waals surface area contributed by atoms with Crippen LogP contribution in [-0.2, 0) is 9.05 Å². The van der Waals surface area contributed by atoms with Gasteiger partial charge in [-0.05, 0) is 5.56 Å². The highest BCUT2D eigenvalue weighted by atomic mass is 79.9. The smallest absolute Gasteiger partial charge is 0.212 e. The summed E-state index contributed by atoms with van der Waals surface area (Å²) in [5, 5.41) is 0. The third-order valence-electron chi connectivity index (χ3n) is 1.51. The van der Waals surface area contributed by atoms with Gasteiger partial charge in [-0.25, -0.2) is 8.42 Å². The summed E-state index contributed by atoms with van der Waals surface area (Å²) in [7, 11) is 1.67. The van der Waals surface area contributed by atoms with Crippen molar-refractivity contribution in [2.75, 3.05) is 5.75 Å². The number of hydrogen-bond donors (Lipinski definition) is 0. The van der Waals surface area contributed by atoms with Gasteiger partial charge in [0, 0.05) is 10.7 Å². The van der Waals surface area contributed by atoms with E-state index in [0.29, 0.717) is 0 Å². The topological polar surface area (TPSA) is 34.1 Å². The predicted octanol–water partition coefficient (Wildman–Crippen LogP) is 2.69. The van der Waals surface area contributed by atoms with Crippen LogP contribution in [0.25, 0.3) is 0 Å². The Morgan fingerprint density at radius 2 is 1.85 bits per heavy atom. The van der Waals surface area contributed by atoms with E-state index in [-0.39, 0.29) is 10.6 Å². The van der Waals surface area contributed by atoms with Gasteiger partial charge in [0.05, 0.1) is 10.6 Å². The van der Waals surface area contributed by atoms with Crippen LogP contribution in [0, 0.1) is 0 Å². The largest absolute Gasteiger partial charge is 0.234 e. The molecule has 1 aromatic rings. The zero-order valence-corrected chi connectivity index (χ0v) is 9.81. The monoisotopic (exact) mass is 282 g/mol. The van der Waals surface area contributed by atoms with Gasteiger partial charge >= 0.3 is 0 Å². The Kier molecular flexibility index (Phi) is 3.76. The van der Waals surface area contributed by atoms with E-state index in [9.17, 15) is 8.42 Å². The second-order valence-electron chi connectivity index (χ2n) is 2.58. The minimum atomic E-state index is -3.45. The molecule has 0 spiro atoms. The molecule has 0 aliphatic carbocycles. The van der Waals surface area contributed by atoms with Gasteiger partial charge in [-0.2, -0.15) is 0 Å². The van der Waals surface area contributed by atoms with E-state index in [1.807, 2.05) is 30.3 Å². The lowest BCUT2D eigenvalue weighted by Crippen LogP contribution is -2.03. The third kappa shape index (κ3) is 4.11. The van der Waals surface area contributed by atoms with Crippen LogP contribution < -0.4 is 0 Å². The molecular formula is C8H8BrClO2S. The molecule has 0 aliphatic rings. The maximum atomic E-state index is 10.8. The summed E-state index contributed by atoms with van der Waals surface area (Å²) in [5.41, 5.74) is 0.909. The first-order chi connectivity index (χ1) is 5.99. The van der Waals surface area contributed by atoms with E-state index in [1.165, 1.54) is 0 Å². The van der Waals surface area contributed by atoms with Crippen molar-refractivity contribution < 1.29 is 8.42 Å². The van der Waals surface area contributed by atoms with Gasteiger partial charge in [-0.15, -0.1) is 0 Å². The Hall–Kier alpha value is -0.0600. The van der Waals surface area contributed by atoms with Crippen LogP contribution in [-0.4, -0.2) is 14.2 Å². The highest BCUT2D eigenvalue weighted by Crippen LogP contribution is 2.25. The summed E-state index contributed by atoms with van der Waals surface area (Å²) in [4.78, 5) is -0.240. The van der Waals surface area contributed by atoms with E-state index in [0.717, 1.165) is 5.56 Å². The van der Waals surface area contributed by atoms with E-state index in [1.54, 1.807) is 0 Å². The fourth-order valence-electron chi connectivity index (χ4n) is 0.933. The van der Waals surface area contributed by atoms with Crippen LogP contribution in [0.15, 0.2) is 30.3 Å². The molecule has 0 aliphatic heterocycles. The van der Waals surface area contributed by atoms with Crippen molar-refractivity contribution >= 4 is 35.7 Å². The highest BCUT2D eigenvalue weighted by Gasteiger charge is 2.15. The molecule has 0 radical (unpaired) electrons. The van der Waals surface area contributed by atoms with Crippen molar-refractivity contribution in [2.24, 2.45) is 0 Å². The van der Waals surface area contributed by atoms with Crippen LogP contribution in [0.4, 0.5) is 0 Å². The fraction of sp³-hybridized carbons (Fsp3) is 0.250. The molecule has 1 unspecified atom stereocenters. The first kappa shape index (κ1) is 11.0. The van der Waals surface area contributed by atoms with Gasteiger partial charge in [0.2, 0.25) is 9.05 Å². The van der Waals surface area contributed by atoms with Gasteiger partial charge < -0.3 is 0 Å². The molecular weight excluding hydrogens is 276 g/mol. The molecule has 13 heavy (non-hydrogen) atoms. The lowest BCUT2D eigenvalue weighted by molar-refractivity contribution is 0.608. The Balaban J connectivity index is 2.76. The second-order valence-corrected chi connectivity index (χ2v) is 6.51. The quantitative estimate of drug-likeness (QED) is 0.631. The van der Waals surface area contributed by atoms with Crippen LogP contribution in [0.3, 0.4) is 0 Å². The molecule has 1 atom stereocenters. The van der Waals surface area contributed by atoms with Crippen molar-refractivity contribution in [1.82, 2.24) is 0 Å². The first-order valence-electron chi connectivity index (χ1n) is 3.60. The number of benzene rings is 1. The molecule has 2 nitrogen and oxygen atoms in total. The summed E-state index contributed by atoms with van der Waals surface area (Å²) in [6.45, 7) is 0. The standard InChI is InChI=1S/C8H8BrClO2S/c9-8(6-13(10,11)12)7-4-2-1-3-5-7/h1-5,8H,6H2. The molecule has 72 valence electrons. The van der Waals surface area contributed by atoms with E-state index in [4.69, 9.17) is 10.7 Å². The maximum absolute atomic E-state index is 10.8. The van der Waals surface area contributed by atoms with Gasteiger partial charge in [0.1, 0.15) is 0 Å². The fourth-order valence-corrected chi connectivity index (χ4v) is 3.66. The zero-order chi connectivity index (χ0) is 9.90. The average Bonchev–Trinajstić information content (AvgIpc) is 2.03. The molecule has 0 amide bonds. The molecule has 0 aromatic heterocycles. The van der Waals surface area contributed by atoms with Crippen LogP contribution in [0.5, 0.6) is 0 Å². The minimum absolute atomic E-state index is 0.0986. The lowest BCUT2D eigenvalue weighted by Gasteiger charge is -2.06. The molecule has 5 heteroatoms. The number of halogens is 2. The molecule has 0 heterocycles. The van der Waals surface area contributed by atoms with Crippen LogP contribution in [0.2, 0.25) is 0 Å². The summed E-state index contributed by atoms with van der Waals surface area (Å²) in [6, 6.07) is 9.27. The van der Waals surface area contributed by atoms with E-state index < -0.39 is 9.05 Å². The SMILES string of the molecule is O=S(=O)(Cl)CC(Br)c1ccccc1. The van der Waals surface area contributed by atoms with E-state index in [2.05, 4.69) is 15.9 Å². The van der Waals surface area contributed by atoms with Crippen molar-refractivity contribution in [3.05, 3.63) is 35.9 Å². The molecule has 0 N–H and O–H groups in total.